The number of aryl methyl sites for hydroxylation is 2. The van der Waals surface area contributed by atoms with Crippen LogP contribution in [0.2, 0.25) is 0 Å². The van der Waals surface area contributed by atoms with Gasteiger partial charge in [0.2, 0.25) is 11.8 Å². The molecule has 0 spiro atoms. The van der Waals surface area contributed by atoms with E-state index in [1.165, 1.54) is 6.42 Å². The van der Waals surface area contributed by atoms with Crippen molar-refractivity contribution in [2.75, 3.05) is 19.6 Å². The SMILES string of the molecule is Cc1nc2cc(C3CCN(C(=O)C4CC4)C3)nn2c(C)c1CCC(=O)N1CCCCC1C. The zero-order valence-electron chi connectivity index (χ0n) is 19.6. The summed E-state index contributed by atoms with van der Waals surface area (Å²) in [5.41, 5.74) is 5.07. The maximum atomic E-state index is 12.8. The highest BCUT2D eigenvalue weighted by Crippen LogP contribution is 2.35. The van der Waals surface area contributed by atoms with Crippen molar-refractivity contribution in [3.8, 4) is 0 Å². The van der Waals surface area contributed by atoms with Crippen molar-refractivity contribution in [3.63, 3.8) is 0 Å². The molecule has 3 aliphatic rings. The fourth-order valence-electron chi connectivity index (χ4n) is 5.54. The van der Waals surface area contributed by atoms with Crippen LogP contribution in [0.15, 0.2) is 6.07 Å². The number of amides is 2. The molecule has 2 aliphatic heterocycles. The Bertz CT molecular complexity index is 1040. The molecule has 1 aliphatic carbocycles. The number of fused-ring (bicyclic) bond motifs is 1. The van der Waals surface area contributed by atoms with Crippen LogP contribution >= 0.6 is 0 Å². The molecule has 0 N–H and O–H groups in total. The lowest BCUT2D eigenvalue weighted by Crippen LogP contribution is -2.42. The van der Waals surface area contributed by atoms with E-state index in [1.54, 1.807) is 0 Å². The van der Waals surface area contributed by atoms with Gasteiger partial charge in [-0.05, 0) is 71.3 Å². The van der Waals surface area contributed by atoms with Gasteiger partial charge < -0.3 is 9.80 Å². The van der Waals surface area contributed by atoms with E-state index in [0.717, 1.165) is 80.0 Å². The van der Waals surface area contributed by atoms with Crippen LogP contribution in [0.1, 0.15) is 80.4 Å². The van der Waals surface area contributed by atoms with E-state index in [0.29, 0.717) is 24.8 Å². The minimum Gasteiger partial charge on any atom is -0.342 e. The summed E-state index contributed by atoms with van der Waals surface area (Å²) in [7, 11) is 0. The Hall–Kier alpha value is -2.44. The van der Waals surface area contributed by atoms with E-state index in [2.05, 4.69) is 24.8 Å². The van der Waals surface area contributed by atoms with Crippen LogP contribution in [0, 0.1) is 19.8 Å². The molecule has 2 unspecified atom stereocenters. The number of nitrogens with zero attached hydrogens (tertiary/aromatic N) is 5. The smallest absolute Gasteiger partial charge is 0.225 e. The summed E-state index contributed by atoms with van der Waals surface area (Å²) in [6.45, 7) is 8.77. The Morgan fingerprint density at radius 1 is 1.09 bits per heavy atom. The van der Waals surface area contributed by atoms with Crippen LogP contribution in [0.5, 0.6) is 0 Å². The molecular formula is C25H35N5O2. The molecule has 3 fully saturated rings. The highest BCUT2D eigenvalue weighted by atomic mass is 16.2. The van der Waals surface area contributed by atoms with Crippen LogP contribution in [0.25, 0.3) is 5.65 Å². The molecule has 32 heavy (non-hydrogen) atoms. The fraction of sp³-hybridized carbons (Fsp3) is 0.680. The van der Waals surface area contributed by atoms with Crippen molar-refractivity contribution in [1.82, 2.24) is 24.4 Å². The monoisotopic (exact) mass is 437 g/mol. The van der Waals surface area contributed by atoms with Crippen molar-refractivity contribution >= 4 is 17.5 Å². The summed E-state index contributed by atoms with van der Waals surface area (Å²) >= 11 is 0. The second kappa shape index (κ2) is 8.49. The van der Waals surface area contributed by atoms with E-state index < -0.39 is 0 Å². The van der Waals surface area contributed by atoms with Crippen molar-refractivity contribution < 1.29 is 9.59 Å². The Morgan fingerprint density at radius 2 is 1.91 bits per heavy atom. The Labute approximate surface area is 190 Å². The summed E-state index contributed by atoms with van der Waals surface area (Å²) in [6.07, 6.45) is 7.74. The second-order valence-electron chi connectivity index (χ2n) is 10.1. The van der Waals surface area contributed by atoms with Gasteiger partial charge in [0.1, 0.15) is 0 Å². The van der Waals surface area contributed by atoms with E-state index in [4.69, 9.17) is 10.1 Å². The predicted octanol–water partition coefficient (Wildman–Crippen LogP) is 3.41. The lowest BCUT2D eigenvalue weighted by molar-refractivity contribution is -0.134. The van der Waals surface area contributed by atoms with Gasteiger partial charge in [0.15, 0.2) is 5.65 Å². The van der Waals surface area contributed by atoms with Crippen molar-refractivity contribution in [1.29, 1.82) is 0 Å². The molecule has 7 heteroatoms. The molecule has 2 aromatic heterocycles. The van der Waals surface area contributed by atoms with Gasteiger partial charge in [0, 0.05) is 61.4 Å². The van der Waals surface area contributed by atoms with Crippen LogP contribution in [-0.2, 0) is 16.0 Å². The number of hydrogen-bond acceptors (Lipinski definition) is 4. The molecule has 0 bridgehead atoms. The molecule has 0 aromatic carbocycles. The Kier molecular flexibility index (Phi) is 5.68. The van der Waals surface area contributed by atoms with Crippen LogP contribution in [0.4, 0.5) is 0 Å². The molecular weight excluding hydrogens is 402 g/mol. The van der Waals surface area contributed by atoms with E-state index in [1.807, 2.05) is 16.3 Å². The highest BCUT2D eigenvalue weighted by molar-refractivity contribution is 5.81. The number of aromatic nitrogens is 3. The molecule has 5 rings (SSSR count). The number of rotatable bonds is 5. The second-order valence-corrected chi connectivity index (χ2v) is 10.1. The van der Waals surface area contributed by atoms with Gasteiger partial charge in [-0.15, -0.1) is 0 Å². The van der Waals surface area contributed by atoms with E-state index >= 15 is 0 Å². The van der Waals surface area contributed by atoms with Gasteiger partial charge in [-0.25, -0.2) is 9.50 Å². The zero-order valence-corrected chi connectivity index (χ0v) is 19.6. The first-order valence-corrected chi connectivity index (χ1v) is 12.4. The van der Waals surface area contributed by atoms with Crippen LogP contribution < -0.4 is 0 Å². The molecule has 2 atom stereocenters. The van der Waals surface area contributed by atoms with Gasteiger partial charge in [0.25, 0.3) is 0 Å². The lowest BCUT2D eigenvalue weighted by Gasteiger charge is -2.33. The predicted molar refractivity (Wildman–Crippen MR) is 122 cm³/mol. The summed E-state index contributed by atoms with van der Waals surface area (Å²) < 4.78 is 1.94. The standard InChI is InChI=1S/C25H35N5O2/c1-16-6-4-5-12-29(16)24(31)10-9-21-17(2)26-23-14-22(27-30(23)18(21)3)20-11-13-28(15-20)25(32)19-7-8-19/h14,16,19-20H,4-13,15H2,1-3H3. The molecule has 172 valence electrons. The third kappa shape index (κ3) is 4.02. The first-order chi connectivity index (χ1) is 15.4. The zero-order chi connectivity index (χ0) is 22.4. The maximum absolute atomic E-state index is 12.8. The molecule has 2 aromatic rings. The summed E-state index contributed by atoms with van der Waals surface area (Å²) in [6, 6.07) is 2.44. The maximum Gasteiger partial charge on any atom is 0.225 e. The Morgan fingerprint density at radius 3 is 2.66 bits per heavy atom. The minimum absolute atomic E-state index is 0.253. The van der Waals surface area contributed by atoms with Gasteiger partial charge in [-0.1, -0.05) is 0 Å². The van der Waals surface area contributed by atoms with E-state index in [9.17, 15) is 9.59 Å². The van der Waals surface area contributed by atoms with Gasteiger partial charge in [-0.3, -0.25) is 9.59 Å². The summed E-state index contributed by atoms with van der Waals surface area (Å²) in [5, 5.41) is 4.90. The normalized spacial score (nSPS) is 23.8. The topological polar surface area (TPSA) is 70.8 Å². The first kappa shape index (κ1) is 21.4. The minimum atomic E-state index is 0.253. The average Bonchev–Trinajstić information content (AvgIpc) is 3.35. The van der Waals surface area contributed by atoms with E-state index in [-0.39, 0.29) is 17.7 Å². The fourth-order valence-corrected chi connectivity index (χ4v) is 5.54. The first-order valence-electron chi connectivity index (χ1n) is 12.4. The largest absolute Gasteiger partial charge is 0.342 e. The molecule has 0 radical (unpaired) electrons. The van der Waals surface area contributed by atoms with Gasteiger partial charge in [-0.2, -0.15) is 5.10 Å². The Balaban J connectivity index is 1.31. The van der Waals surface area contributed by atoms with Gasteiger partial charge >= 0.3 is 0 Å². The summed E-state index contributed by atoms with van der Waals surface area (Å²) in [5.74, 6) is 1.14. The molecule has 2 amide bonds. The quantitative estimate of drug-likeness (QED) is 0.719. The van der Waals surface area contributed by atoms with Crippen LogP contribution in [-0.4, -0.2) is 61.9 Å². The average molecular weight is 438 g/mol. The molecule has 1 saturated carbocycles. The van der Waals surface area contributed by atoms with Crippen molar-refractivity contribution in [2.24, 2.45) is 5.92 Å². The molecule has 7 nitrogen and oxygen atoms in total. The third-order valence-corrected chi connectivity index (χ3v) is 7.74. The van der Waals surface area contributed by atoms with Gasteiger partial charge in [0.05, 0.1) is 5.69 Å². The summed E-state index contributed by atoms with van der Waals surface area (Å²) in [4.78, 5) is 34.2. The van der Waals surface area contributed by atoms with Crippen molar-refractivity contribution in [3.05, 3.63) is 28.7 Å². The van der Waals surface area contributed by atoms with Crippen molar-refractivity contribution in [2.45, 2.75) is 84.1 Å². The molecule has 2 saturated heterocycles. The number of carbonyl (C=O) groups is 2. The number of likely N-dealkylation sites (tertiary alicyclic amines) is 2. The number of hydrogen-bond donors (Lipinski definition) is 0. The molecule has 4 heterocycles. The third-order valence-electron chi connectivity index (χ3n) is 7.74. The number of piperidine rings is 1. The number of carbonyl (C=O) groups excluding carboxylic acids is 2. The highest BCUT2D eigenvalue weighted by Gasteiger charge is 2.37. The lowest BCUT2D eigenvalue weighted by atomic mass is 10.0. The van der Waals surface area contributed by atoms with Crippen LogP contribution in [0.3, 0.4) is 0 Å².